The molecule has 0 unspecified atom stereocenters. The van der Waals surface area contributed by atoms with E-state index in [1.54, 1.807) is 12.1 Å². The highest BCUT2D eigenvalue weighted by Gasteiger charge is 2.07. The third kappa shape index (κ3) is 3.28. The lowest BCUT2D eigenvalue weighted by molar-refractivity contribution is -0.133. The van der Waals surface area contributed by atoms with Crippen molar-refractivity contribution in [1.82, 2.24) is 0 Å². The smallest absolute Gasteiger partial charge is 0.313 e. The van der Waals surface area contributed by atoms with Gasteiger partial charge < -0.3 is 5.11 Å². The molecule has 0 aromatic heterocycles. The maximum absolute atomic E-state index is 10.3. The van der Waals surface area contributed by atoms with Crippen molar-refractivity contribution in [2.75, 3.05) is 5.75 Å². The lowest BCUT2D eigenvalue weighted by Gasteiger charge is -2.04. The average molecular weight is 269 g/mol. The SMILES string of the molecule is O=C(O)CSc1cc(Cl)c(S)cc1Cl. The van der Waals surface area contributed by atoms with E-state index in [0.29, 0.717) is 19.8 Å². The summed E-state index contributed by atoms with van der Waals surface area (Å²) in [6, 6.07) is 3.21. The molecule has 6 heteroatoms. The molecule has 0 bridgehead atoms. The molecule has 1 aromatic rings. The summed E-state index contributed by atoms with van der Waals surface area (Å²) in [4.78, 5) is 11.6. The summed E-state index contributed by atoms with van der Waals surface area (Å²) in [6.45, 7) is 0. The van der Waals surface area contributed by atoms with Crippen LogP contribution in [0.25, 0.3) is 0 Å². The normalized spacial score (nSPS) is 10.2. The Morgan fingerprint density at radius 1 is 1.43 bits per heavy atom. The van der Waals surface area contributed by atoms with Gasteiger partial charge in [-0.25, -0.2) is 0 Å². The van der Waals surface area contributed by atoms with Crippen LogP contribution in [0.2, 0.25) is 10.0 Å². The number of aliphatic carboxylic acids is 1. The van der Waals surface area contributed by atoms with Crippen LogP contribution in [0, 0.1) is 0 Å². The third-order valence-corrected chi connectivity index (χ3v) is 3.63. The molecule has 0 aliphatic rings. The number of hydrogen-bond acceptors (Lipinski definition) is 3. The minimum atomic E-state index is -0.892. The van der Waals surface area contributed by atoms with Crippen LogP contribution in [-0.2, 0) is 4.79 Å². The van der Waals surface area contributed by atoms with Crippen molar-refractivity contribution in [3.63, 3.8) is 0 Å². The Bertz CT molecular complexity index is 369. The number of carboxylic acid groups (broad SMARTS) is 1. The number of carbonyl (C=O) groups is 1. The molecule has 0 atom stereocenters. The molecule has 76 valence electrons. The van der Waals surface area contributed by atoms with E-state index in [9.17, 15) is 4.79 Å². The predicted molar refractivity (Wildman–Crippen MR) is 62.1 cm³/mol. The number of hydrogen-bond donors (Lipinski definition) is 2. The predicted octanol–water partition coefficient (Wildman–Crippen LogP) is 3.46. The van der Waals surface area contributed by atoms with Gasteiger partial charge in [-0.05, 0) is 12.1 Å². The highest BCUT2D eigenvalue weighted by atomic mass is 35.5. The van der Waals surface area contributed by atoms with Gasteiger partial charge >= 0.3 is 5.97 Å². The first kappa shape index (κ1) is 12.0. The molecule has 1 aromatic carbocycles. The number of benzene rings is 1. The zero-order valence-corrected chi connectivity index (χ0v) is 10.1. The van der Waals surface area contributed by atoms with Gasteiger partial charge in [-0.3, -0.25) is 4.79 Å². The average Bonchev–Trinajstić information content (AvgIpc) is 2.09. The van der Waals surface area contributed by atoms with Crippen LogP contribution in [0.1, 0.15) is 0 Å². The largest absolute Gasteiger partial charge is 0.481 e. The molecule has 1 rings (SSSR count). The van der Waals surface area contributed by atoms with Gasteiger partial charge in [-0.1, -0.05) is 23.2 Å². The fourth-order valence-corrected chi connectivity index (χ4v) is 2.27. The molecule has 0 fully saturated rings. The van der Waals surface area contributed by atoms with Crippen LogP contribution >= 0.6 is 47.6 Å². The van der Waals surface area contributed by atoms with Gasteiger partial charge in [0.25, 0.3) is 0 Å². The first-order valence-corrected chi connectivity index (χ1v) is 5.72. The quantitative estimate of drug-likeness (QED) is 0.651. The van der Waals surface area contributed by atoms with Crippen LogP contribution in [0.4, 0.5) is 0 Å². The second kappa shape index (κ2) is 5.16. The van der Waals surface area contributed by atoms with Gasteiger partial charge in [-0.2, -0.15) is 0 Å². The first-order chi connectivity index (χ1) is 6.50. The molecule has 0 saturated carbocycles. The number of thioether (sulfide) groups is 1. The summed E-state index contributed by atoms with van der Waals surface area (Å²) >= 11 is 16.9. The molecule has 0 spiro atoms. The summed E-state index contributed by atoms with van der Waals surface area (Å²) in [7, 11) is 0. The van der Waals surface area contributed by atoms with Gasteiger partial charge in [0.15, 0.2) is 0 Å². The molecule has 0 heterocycles. The maximum atomic E-state index is 10.3. The Hall–Kier alpha value is -0.0300. The minimum absolute atomic E-state index is 0.0397. The van der Waals surface area contributed by atoms with Gasteiger partial charge in [0.05, 0.1) is 15.8 Å². The van der Waals surface area contributed by atoms with Gasteiger partial charge in [0.1, 0.15) is 0 Å². The van der Waals surface area contributed by atoms with Crippen molar-refractivity contribution < 1.29 is 9.90 Å². The summed E-state index contributed by atoms with van der Waals surface area (Å²) in [5.41, 5.74) is 0. The Morgan fingerprint density at radius 3 is 2.64 bits per heavy atom. The number of carboxylic acids is 1. The van der Waals surface area contributed by atoms with E-state index in [1.165, 1.54) is 0 Å². The molecule has 1 N–H and O–H groups in total. The molecule has 0 saturated heterocycles. The second-order valence-electron chi connectivity index (χ2n) is 2.42. The fraction of sp³-hybridized carbons (Fsp3) is 0.125. The Morgan fingerprint density at radius 2 is 2.07 bits per heavy atom. The summed E-state index contributed by atoms with van der Waals surface area (Å²) in [5, 5.41) is 9.40. The molecule has 0 aliphatic heterocycles. The topological polar surface area (TPSA) is 37.3 Å². The molecule has 0 aliphatic carbocycles. The van der Waals surface area contributed by atoms with E-state index in [2.05, 4.69) is 12.6 Å². The van der Waals surface area contributed by atoms with Crippen molar-refractivity contribution in [2.45, 2.75) is 9.79 Å². The van der Waals surface area contributed by atoms with Crippen molar-refractivity contribution in [3.05, 3.63) is 22.2 Å². The van der Waals surface area contributed by atoms with Crippen LogP contribution in [0.5, 0.6) is 0 Å². The van der Waals surface area contributed by atoms with Crippen molar-refractivity contribution >= 4 is 53.6 Å². The van der Waals surface area contributed by atoms with Gasteiger partial charge in [-0.15, -0.1) is 24.4 Å². The minimum Gasteiger partial charge on any atom is -0.481 e. The van der Waals surface area contributed by atoms with Crippen LogP contribution < -0.4 is 0 Å². The Kier molecular flexibility index (Phi) is 4.44. The third-order valence-electron chi connectivity index (χ3n) is 1.35. The Labute approximate surface area is 101 Å². The van der Waals surface area contributed by atoms with E-state index in [1.807, 2.05) is 0 Å². The highest BCUT2D eigenvalue weighted by Crippen LogP contribution is 2.33. The molecular weight excluding hydrogens is 263 g/mol. The van der Waals surface area contributed by atoms with Crippen molar-refractivity contribution in [3.8, 4) is 0 Å². The molecular formula is C8H6Cl2O2S2. The maximum Gasteiger partial charge on any atom is 0.313 e. The number of halogens is 2. The van der Waals surface area contributed by atoms with E-state index in [-0.39, 0.29) is 5.75 Å². The highest BCUT2D eigenvalue weighted by molar-refractivity contribution is 8.00. The van der Waals surface area contributed by atoms with E-state index >= 15 is 0 Å². The second-order valence-corrected chi connectivity index (χ2v) is 4.73. The van der Waals surface area contributed by atoms with E-state index < -0.39 is 5.97 Å². The lowest BCUT2D eigenvalue weighted by atomic mass is 10.3. The summed E-state index contributed by atoms with van der Waals surface area (Å²) in [5.74, 6) is -0.931. The zero-order valence-electron chi connectivity index (χ0n) is 6.83. The van der Waals surface area contributed by atoms with Gasteiger partial charge in [0.2, 0.25) is 0 Å². The Balaban J connectivity index is 2.87. The number of thiol groups is 1. The van der Waals surface area contributed by atoms with Gasteiger partial charge in [0, 0.05) is 9.79 Å². The first-order valence-electron chi connectivity index (χ1n) is 3.53. The molecule has 0 amide bonds. The monoisotopic (exact) mass is 268 g/mol. The van der Waals surface area contributed by atoms with Crippen LogP contribution in [0.15, 0.2) is 21.9 Å². The molecule has 14 heavy (non-hydrogen) atoms. The van der Waals surface area contributed by atoms with E-state index in [4.69, 9.17) is 28.3 Å². The molecule has 2 nitrogen and oxygen atoms in total. The summed E-state index contributed by atoms with van der Waals surface area (Å²) in [6.07, 6.45) is 0. The molecule has 0 radical (unpaired) electrons. The fourth-order valence-electron chi connectivity index (χ4n) is 0.768. The van der Waals surface area contributed by atoms with Crippen molar-refractivity contribution in [2.24, 2.45) is 0 Å². The van der Waals surface area contributed by atoms with Crippen LogP contribution in [-0.4, -0.2) is 16.8 Å². The zero-order chi connectivity index (χ0) is 10.7. The van der Waals surface area contributed by atoms with Crippen molar-refractivity contribution in [1.29, 1.82) is 0 Å². The standard InChI is InChI=1S/C8H6Cl2O2S2/c9-4-2-7(14-3-8(11)12)5(10)1-6(4)13/h1-2,13H,3H2,(H,11,12). The lowest BCUT2D eigenvalue weighted by Crippen LogP contribution is -1.97. The van der Waals surface area contributed by atoms with E-state index in [0.717, 1.165) is 11.8 Å². The number of rotatable bonds is 3. The summed E-state index contributed by atoms with van der Waals surface area (Å²) < 4.78 is 0. The van der Waals surface area contributed by atoms with Crippen LogP contribution in [0.3, 0.4) is 0 Å².